The number of nitrogens with one attached hydrogen (secondary N) is 1. The van der Waals surface area contributed by atoms with Gasteiger partial charge in [0, 0.05) is 6.04 Å². The van der Waals surface area contributed by atoms with Crippen LogP contribution in [-0.2, 0) is 0 Å². The summed E-state index contributed by atoms with van der Waals surface area (Å²) in [5.41, 5.74) is 0.543. The van der Waals surface area contributed by atoms with Gasteiger partial charge in [-0.15, -0.1) is 0 Å². The van der Waals surface area contributed by atoms with Crippen LogP contribution in [0, 0.1) is 17.3 Å². The van der Waals surface area contributed by atoms with E-state index < -0.39 is 0 Å². The molecule has 2 rings (SSSR count). The average molecular weight is 153 g/mol. The van der Waals surface area contributed by atoms with Crippen LogP contribution in [0.2, 0.25) is 0 Å². The smallest absolute Gasteiger partial charge is 0.0102 e. The molecule has 1 saturated carbocycles. The molecule has 0 bridgehead atoms. The largest absolute Gasteiger partial charge is 0.314 e. The van der Waals surface area contributed by atoms with E-state index in [9.17, 15) is 0 Å². The summed E-state index contributed by atoms with van der Waals surface area (Å²) in [7, 11) is 0. The highest BCUT2D eigenvalue weighted by Crippen LogP contribution is 2.49. The molecule has 0 amide bonds. The van der Waals surface area contributed by atoms with Gasteiger partial charge in [0.05, 0.1) is 0 Å². The summed E-state index contributed by atoms with van der Waals surface area (Å²) in [5.74, 6) is 2.00. The number of hydrogen-bond donors (Lipinski definition) is 1. The lowest BCUT2D eigenvalue weighted by Crippen LogP contribution is -2.35. The van der Waals surface area contributed by atoms with E-state index in [1.165, 1.54) is 19.4 Å². The molecule has 3 unspecified atom stereocenters. The number of hydrogen-bond acceptors (Lipinski definition) is 1. The molecule has 0 aromatic carbocycles. The minimum absolute atomic E-state index is 0.543. The SMILES string of the molecule is CC(C)(C)C1CCNC2CC21. The third-order valence-corrected chi connectivity index (χ3v) is 3.33. The zero-order valence-corrected chi connectivity index (χ0v) is 7.85. The zero-order valence-electron chi connectivity index (χ0n) is 7.85. The van der Waals surface area contributed by atoms with E-state index in [-0.39, 0.29) is 0 Å². The van der Waals surface area contributed by atoms with Crippen molar-refractivity contribution >= 4 is 0 Å². The fourth-order valence-electron chi connectivity index (χ4n) is 2.61. The fraction of sp³-hybridized carbons (Fsp3) is 1.00. The van der Waals surface area contributed by atoms with Crippen molar-refractivity contribution in [2.45, 2.75) is 39.7 Å². The number of fused-ring (bicyclic) bond motifs is 1. The van der Waals surface area contributed by atoms with Gasteiger partial charge in [-0.05, 0) is 36.6 Å². The van der Waals surface area contributed by atoms with Crippen molar-refractivity contribution < 1.29 is 0 Å². The molecule has 1 saturated heterocycles. The molecule has 11 heavy (non-hydrogen) atoms. The van der Waals surface area contributed by atoms with E-state index in [2.05, 4.69) is 26.1 Å². The lowest BCUT2D eigenvalue weighted by Gasteiger charge is -2.34. The van der Waals surface area contributed by atoms with Crippen LogP contribution in [0.4, 0.5) is 0 Å². The normalized spacial score (nSPS) is 43.4. The summed E-state index contributed by atoms with van der Waals surface area (Å²) < 4.78 is 0. The van der Waals surface area contributed by atoms with Crippen LogP contribution in [0.3, 0.4) is 0 Å². The monoisotopic (exact) mass is 153 g/mol. The van der Waals surface area contributed by atoms with Crippen molar-refractivity contribution in [2.75, 3.05) is 6.54 Å². The van der Waals surface area contributed by atoms with Gasteiger partial charge in [0.2, 0.25) is 0 Å². The first-order chi connectivity index (χ1) is 5.09. The lowest BCUT2D eigenvalue weighted by molar-refractivity contribution is 0.173. The Morgan fingerprint density at radius 1 is 1.27 bits per heavy atom. The predicted molar refractivity (Wildman–Crippen MR) is 47.5 cm³/mol. The van der Waals surface area contributed by atoms with Gasteiger partial charge in [0.15, 0.2) is 0 Å². The Labute approximate surface area is 69.6 Å². The molecule has 0 spiro atoms. The Hall–Kier alpha value is -0.0400. The van der Waals surface area contributed by atoms with Gasteiger partial charge in [-0.1, -0.05) is 20.8 Å². The summed E-state index contributed by atoms with van der Waals surface area (Å²) in [6.45, 7) is 8.41. The summed E-state index contributed by atoms with van der Waals surface area (Å²) in [4.78, 5) is 0. The Kier molecular flexibility index (Phi) is 1.54. The standard InChI is InChI=1S/C10H19N/c1-10(2,3)8-4-5-11-9-6-7(8)9/h7-9,11H,4-6H2,1-3H3. The topological polar surface area (TPSA) is 12.0 Å². The molecular formula is C10H19N. The molecule has 1 heterocycles. The van der Waals surface area contributed by atoms with Crippen molar-refractivity contribution in [1.82, 2.24) is 5.32 Å². The number of piperidine rings is 1. The second-order valence-electron chi connectivity index (χ2n) is 5.22. The average Bonchev–Trinajstić information content (AvgIpc) is 2.60. The Balaban J connectivity index is 2.03. The van der Waals surface area contributed by atoms with Crippen LogP contribution in [0.15, 0.2) is 0 Å². The fourth-order valence-corrected chi connectivity index (χ4v) is 2.61. The maximum atomic E-state index is 3.56. The molecular weight excluding hydrogens is 134 g/mol. The van der Waals surface area contributed by atoms with Crippen LogP contribution in [0.5, 0.6) is 0 Å². The molecule has 1 N–H and O–H groups in total. The van der Waals surface area contributed by atoms with Gasteiger partial charge in [0.1, 0.15) is 0 Å². The first-order valence-corrected chi connectivity index (χ1v) is 4.82. The van der Waals surface area contributed by atoms with E-state index in [0.29, 0.717) is 5.41 Å². The zero-order chi connectivity index (χ0) is 8.06. The Morgan fingerprint density at radius 2 is 2.00 bits per heavy atom. The predicted octanol–water partition coefficient (Wildman–Crippen LogP) is 2.03. The maximum Gasteiger partial charge on any atom is 0.0102 e. The first-order valence-electron chi connectivity index (χ1n) is 4.82. The third kappa shape index (κ3) is 1.31. The highest BCUT2D eigenvalue weighted by molar-refractivity contribution is 5.03. The van der Waals surface area contributed by atoms with E-state index in [1.807, 2.05) is 0 Å². The van der Waals surface area contributed by atoms with E-state index in [0.717, 1.165) is 17.9 Å². The summed E-state index contributed by atoms with van der Waals surface area (Å²) in [6, 6.07) is 0.896. The van der Waals surface area contributed by atoms with Crippen molar-refractivity contribution in [2.24, 2.45) is 17.3 Å². The van der Waals surface area contributed by atoms with Crippen LogP contribution < -0.4 is 5.32 Å². The molecule has 2 fully saturated rings. The highest BCUT2D eigenvalue weighted by Gasteiger charge is 2.48. The molecule has 1 aliphatic heterocycles. The van der Waals surface area contributed by atoms with Gasteiger partial charge in [-0.25, -0.2) is 0 Å². The molecule has 0 aromatic rings. The Morgan fingerprint density at radius 3 is 2.55 bits per heavy atom. The maximum absolute atomic E-state index is 3.56. The highest BCUT2D eigenvalue weighted by atomic mass is 15.0. The summed E-state index contributed by atoms with van der Waals surface area (Å²) in [6.07, 6.45) is 2.84. The molecule has 2 aliphatic rings. The molecule has 3 atom stereocenters. The number of rotatable bonds is 0. The second kappa shape index (κ2) is 2.22. The van der Waals surface area contributed by atoms with Gasteiger partial charge in [0.25, 0.3) is 0 Å². The molecule has 0 aromatic heterocycles. The molecule has 64 valence electrons. The quantitative estimate of drug-likeness (QED) is 0.561. The van der Waals surface area contributed by atoms with Crippen molar-refractivity contribution in [3.8, 4) is 0 Å². The van der Waals surface area contributed by atoms with E-state index >= 15 is 0 Å². The Bertz CT molecular complexity index is 157. The van der Waals surface area contributed by atoms with Crippen molar-refractivity contribution in [3.05, 3.63) is 0 Å². The third-order valence-electron chi connectivity index (χ3n) is 3.33. The van der Waals surface area contributed by atoms with Crippen molar-refractivity contribution in [1.29, 1.82) is 0 Å². The van der Waals surface area contributed by atoms with Crippen LogP contribution in [0.1, 0.15) is 33.6 Å². The second-order valence-corrected chi connectivity index (χ2v) is 5.22. The minimum atomic E-state index is 0.543. The molecule has 0 radical (unpaired) electrons. The van der Waals surface area contributed by atoms with Crippen molar-refractivity contribution in [3.63, 3.8) is 0 Å². The molecule has 1 nitrogen and oxygen atoms in total. The summed E-state index contributed by atoms with van der Waals surface area (Å²) in [5, 5.41) is 3.56. The lowest BCUT2D eigenvalue weighted by atomic mass is 9.74. The van der Waals surface area contributed by atoms with Gasteiger partial charge in [-0.2, -0.15) is 0 Å². The van der Waals surface area contributed by atoms with Gasteiger partial charge in [-0.3, -0.25) is 0 Å². The van der Waals surface area contributed by atoms with Crippen LogP contribution in [-0.4, -0.2) is 12.6 Å². The first kappa shape index (κ1) is 7.60. The van der Waals surface area contributed by atoms with Crippen LogP contribution >= 0.6 is 0 Å². The molecule has 1 heteroatoms. The van der Waals surface area contributed by atoms with Crippen LogP contribution in [0.25, 0.3) is 0 Å². The minimum Gasteiger partial charge on any atom is -0.314 e. The van der Waals surface area contributed by atoms with E-state index in [1.54, 1.807) is 0 Å². The van der Waals surface area contributed by atoms with E-state index in [4.69, 9.17) is 0 Å². The summed E-state index contributed by atoms with van der Waals surface area (Å²) >= 11 is 0. The van der Waals surface area contributed by atoms with Gasteiger partial charge < -0.3 is 5.32 Å². The molecule has 1 aliphatic carbocycles. The van der Waals surface area contributed by atoms with Gasteiger partial charge >= 0.3 is 0 Å².